The Morgan fingerprint density at radius 1 is 0.857 bits per heavy atom. The number of hydrogen-bond acceptors (Lipinski definition) is 9. The van der Waals surface area contributed by atoms with Crippen LogP contribution in [0.5, 0.6) is 11.5 Å². The minimum absolute atomic E-state index is 0.0277. The van der Waals surface area contributed by atoms with Gasteiger partial charge in [-0.2, -0.15) is 10.2 Å². The van der Waals surface area contributed by atoms with Crippen LogP contribution in [-0.2, 0) is 14.4 Å². The summed E-state index contributed by atoms with van der Waals surface area (Å²) in [5, 5.41) is 17.9. The zero-order valence-corrected chi connectivity index (χ0v) is 27.1. The van der Waals surface area contributed by atoms with Crippen LogP contribution in [0.1, 0.15) is 36.4 Å². The van der Waals surface area contributed by atoms with Gasteiger partial charge in [0.2, 0.25) is 0 Å². The molecule has 1 saturated heterocycles. The largest absolute Gasteiger partial charge is 0.497 e. The summed E-state index contributed by atoms with van der Waals surface area (Å²) < 4.78 is 10.7. The number of carbonyl (C=O) groups is 3. The number of rotatable bonds is 7. The molecule has 11 nitrogen and oxygen atoms in total. The standard InChI is InChI=1S/C38H34N6O5/c1-48-27-17-13-23(14-18-27)21-26-9-5-11-30-33(26)40-44(35(30)25-15-19-28(49-2)20-16-25)32(45)22-42-36-34(39-41-42)37(46)43(38(36)47)31-12-6-8-24-7-3-4-10-29(24)31/h3-4,6-8,10,12-21,30,34-36H,5,9,11,22H2,1-2H3/b26-21-/t30-,34+,35-,36-/m1/s1. The molecule has 3 amide bonds. The molecule has 0 spiro atoms. The van der Waals surface area contributed by atoms with E-state index in [0.717, 1.165) is 58.2 Å². The third-order valence-corrected chi connectivity index (χ3v) is 9.83. The predicted octanol–water partition coefficient (Wildman–Crippen LogP) is 5.97. The number of hydrazone groups is 1. The van der Waals surface area contributed by atoms with Gasteiger partial charge >= 0.3 is 0 Å². The van der Waals surface area contributed by atoms with Gasteiger partial charge in [-0.15, -0.1) is 0 Å². The fourth-order valence-corrected chi connectivity index (χ4v) is 7.45. The van der Waals surface area contributed by atoms with Crippen molar-refractivity contribution >= 4 is 46.0 Å². The quantitative estimate of drug-likeness (QED) is 0.227. The summed E-state index contributed by atoms with van der Waals surface area (Å²) in [5.41, 5.74) is 4.41. The highest BCUT2D eigenvalue weighted by Crippen LogP contribution is 2.45. The lowest BCUT2D eigenvalue weighted by molar-refractivity contribution is -0.136. The minimum atomic E-state index is -1.02. The topological polar surface area (TPSA) is 116 Å². The summed E-state index contributed by atoms with van der Waals surface area (Å²) in [6.07, 6.45) is 4.78. The van der Waals surface area contributed by atoms with E-state index in [1.54, 1.807) is 25.3 Å². The second-order valence-corrected chi connectivity index (χ2v) is 12.6. The van der Waals surface area contributed by atoms with Crippen molar-refractivity contribution < 1.29 is 23.9 Å². The van der Waals surface area contributed by atoms with Crippen molar-refractivity contribution in [2.24, 2.45) is 21.4 Å². The molecule has 11 heteroatoms. The number of allylic oxidation sites excluding steroid dienone is 1. The summed E-state index contributed by atoms with van der Waals surface area (Å²) in [6.45, 7) is -0.263. The van der Waals surface area contributed by atoms with Gasteiger partial charge in [0.25, 0.3) is 17.7 Å². The third-order valence-electron chi connectivity index (χ3n) is 9.83. The van der Waals surface area contributed by atoms with Crippen LogP contribution >= 0.6 is 0 Å². The molecule has 2 fully saturated rings. The van der Waals surface area contributed by atoms with Gasteiger partial charge in [0.1, 0.15) is 18.0 Å². The van der Waals surface area contributed by atoms with E-state index in [1.807, 2.05) is 84.9 Å². The Bertz CT molecular complexity index is 2050. The summed E-state index contributed by atoms with van der Waals surface area (Å²) in [5.74, 6) is 0.217. The minimum Gasteiger partial charge on any atom is -0.497 e. The Kier molecular flexibility index (Phi) is 7.66. The number of benzene rings is 4. The molecule has 0 bridgehead atoms. The lowest BCUT2D eigenvalue weighted by Crippen LogP contribution is -2.45. The smallest absolute Gasteiger partial charge is 0.264 e. The number of fused-ring (bicyclic) bond motifs is 3. The van der Waals surface area contributed by atoms with Crippen LogP contribution in [0.2, 0.25) is 0 Å². The van der Waals surface area contributed by atoms with E-state index in [0.29, 0.717) is 11.4 Å². The van der Waals surface area contributed by atoms with Crippen LogP contribution in [0.3, 0.4) is 0 Å². The summed E-state index contributed by atoms with van der Waals surface area (Å²) in [7, 11) is 3.26. The predicted molar refractivity (Wildman–Crippen MR) is 184 cm³/mol. The van der Waals surface area contributed by atoms with Crippen LogP contribution in [-0.4, -0.2) is 66.3 Å². The van der Waals surface area contributed by atoms with Crippen molar-refractivity contribution in [2.45, 2.75) is 37.4 Å². The molecular weight excluding hydrogens is 620 g/mol. The number of hydrogen-bond donors (Lipinski definition) is 0. The molecule has 3 aliphatic heterocycles. The summed E-state index contributed by atoms with van der Waals surface area (Å²) >= 11 is 0. The molecule has 8 rings (SSSR count). The molecule has 0 aromatic heterocycles. The fourth-order valence-electron chi connectivity index (χ4n) is 7.45. The molecule has 4 aromatic carbocycles. The summed E-state index contributed by atoms with van der Waals surface area (Å²) in [4.78, 5) is 43.0. The molecule has 4 aromatic rings. The average Bonchev–Trinajstić information content (AvgIpc) is 3.81. The molecular formula is C38H34N6O5. The highest BCUT2D eigenvalue weighted by Gasteiger charge is 2.56. The molecule has 3 heterocycles. The Morgan fingerprint density at radius 3 is 2.33 bits per heavy atom. The first kappa shape index (κ1) is 30.5. The number of carbonyl (C=O) groups excluding carboxylic acids is 3. The number of ether oxygens (including phenoxy) is 2. The second-order valence-electron chi connectivity index (χ2n) is 12.6. The van der Waals surface area contributed by atoms with E-state index >= 15 is 0 Å². The van der Waals surface area contributed by atoms with Crippen LogP contribution < -0.4 is 14.4 Å². The van der Waals surface area contributed by atoms with Gasteiger partial charge in [-0.05, 0) is 77.8 Å². The van der Waals surface area contributed by atoms with Crippen LogP contribution in [0.25, 0.3) is 16.8 Å². The van der Waals surface area contributed by atoms with Gasteiger partial charge in [-0.3, -0.25) is 19.4 Å². The number of amides is 3. The van der Waals surface area contributed by atoms with E-state index in [2.05, 4.69) is 16.4 Å². The number of anilines is 1. The van der Waals surface area contributed by atoms with Crippen molar-refractivity contribution in [3.8, 4) is 11.5 Å². The van der Waals surface area contributed by atoms with E-state index in [9.17, 15) is 14.4 Å². The lowest BCUT2D eigenvalue weighted by atomic mass is 9.77. The average molecular weight is 655 g/mol. The highest BCUT2D eigenvalue weighted by molar-refractivity contribution is 6.27. The Balaban J connectivity index is 1.10. The first-order valence-corrected chi connectivity index (χ1v) is 16.4. The molecule has 0 radical (unpaired) electrons. The SMILES string of the molecule is COc1ccc(/C=C2/CCC[C@@H]3C2=NN(C(=O)CN2N=N[C@@H]4C(=O)N(c5cccc6ccccc56)C(=O)[C@@H]42)[C@@H]3c2ccc(OC)cc2)cc1. The van der Waals surface area contributed by atoms with E-state index < -0.39 is 23.9 Å². The molecule has 246 valence electrons. The maximum atomic E-state index is 14.3. The maximum Gasteiger partial charge on any atom is 0.264 e. The number of nitrogens with zero attached hydrogens (tertiary/aromatic N) is 6. The van der Waals surface area contributed by atoms with Crippen LogP contribution in [0.15, 0.2) is 112 Å². The molecule has 1 saturated carbocycles. The first-order chi connectivity index (χ1) is 23.9. The van der Waals surface area contributed by atoms with Gasteiger partial charge < -0.3 is 9.47 Å². The van der Waals surface area contributed by atoms with Gasteiger partial charge in [0, 0.05) is 11.3 Å². The second kappa shape index (κ2) is 12.3. The van der Waals surface area contributed by atoms with Gasteiger partial charge in [-0.1, -0.05) is 65.9 Å². The van der Waals surface area contributed by atoms with E-state index in [1.165, 1.54) is 9.91 Å². The van der Waals surface area contributed by atoms with Crippen molar-refractivity contribution in [3.05, 3.63) is 108 Å². The lowest BCUT2D eigenvalue weighted by Gasteiger charge is -2.30. The van der Waals surface area contributed by atoms with Gasteiger partial charge in [-0.25, -0.2) is 9.91 Å². The van der Waals surface area contributed by atoms with Gasteiger partial charge in [0.05, 0.1) is 31.7 Å². The Hall–Kier alpha value is -5.84. The van der Waals surface area contributed by atoms with Crippen LogP contribution in [0, 0.1) is 5.92 Å². The summed E-state index contributed by atoms with van der Waals surface area (Å²) in [6, 6.07) is 26.3. The highest BCUT2D eigenvalue weighted by atomic mass is 16.5. The molecule has 0 N–H and O–H groups in total. The molecule has 4 aliphatic rings. The van der Waals surface area contributed by atoms with Crippen molar-refractivity contribution in [2.75, 3.05) is 25.7 Å². The Labute approximate surface area is 283 Å². The molecule has 1 aliphatic carbocycles. The Morgan fingerprint density at radius 2 is 1.57 bits per heavy atom. The monoisotopic (exact) mass is 654 g/mol. The molecule has 0 unspecified atom stereocenters. The normalized spacial score (nSPS) is 23.7. The van der Waals surface area contributed by atoms with E-state index in [-0.39, 0.29) is 24.4 Å². The third kappa shape index (κ3) is 5.22. The first-order valence-electron chi connectivity index (χ1n) is 16.4. The zero-order valence-electron chi connectivity index (χ0n) is 27.1. The van der Waals surface area contributed by atoms with Crippen molar-refractivity contribution in [3.63, 3.8) is 0 Å². The zero-order chi connectivity index (χ0) is 33.6. The maximum absolute atomic E-state index is 14.3. The fraction of sp³-hybridized carbons (Fsp3) is 0.263. The van der Waals surface area contributed by atoms with Crippen molar-refractivity contribution in [1.82, 2.24) is 10.0 Å². The molecule has 4 atom stereocenters. The van der Waals surface area contributed by atoms with E-state index in [4.69, 9.17) is 14.6 Å². The number of imide groups is 1. The molecule has 49 heavy (non-hydrogen) atoms. The number of methoxy groups -OCH3 is 2. The van der Waals surface area contributed by atoms with Crippen molar-refractivity contribution in [1.29, 1.82) is 0 Å². The van der Waals surface area contributed by atoms with Crippen LogP contribution in [0.4, 0.5) is 5.69 Å². The van der Waals surface area contributed by atoms with Gasteiger partial charge in [0.15, 0.2) is 12.1 Å².